The first kappa shape index (κ1) is 9.24. The molecule has 1 heteroatoms. The van der Waals surface area contributed by atoms with Gasteiger partial charge in [-0.2, -0.15) is 0 Å². The lowest BCUT2D eigenvalue weighted by Gasteiger charge is -2.18. The van der Waals surface area contributed by atoms with Crippen LogP contribution in [0.2, 0.25) is 0 Å². The molecule has 0 aromatic heterocycles. The summed E-state index contributed by atoms with van der Waals surface area (Å²) < 4.78 is 0. The Morgan fingerprint density at radius 3 is 2.58 bits per heavy atom. The molecule has 0 radical (unpaired) electrons. The molecule has 0 saturated heterocycles. The monoisotopic (exact) mass is 164 g/mol. The van der Waals surface area contributed by atoms with Crippen molar-refractivity contribution < 1.29 is 4.79 Å². The summed E-state index contributed by atoms with van der Waals surface area (Å²) in [5.74, 6) is 0.484. The zero-order chi connectivity index (χ0) is 8.97. The molecule has 0 spiro atoms. The van der Waals surface area contributed by atoms with E-state index in [4.69, 9.17) is 0 Å². The Morgan fingerprint density at radius 1 is 1.42 bits per heavy atom. The smallest absolute Gasteiger partial charge is 0.146 e. The van der Waals surface area contributed by atoms with E-state index in [9.17, 15) is 4.79 Å². The van der Waals surface area contributed by atoms with Crippen LogP contribution >= 0.6 is 0 Å². The Labute approximate surface area is 74.2 Å². The van der Waals surface area contributed by atoms with Crippen molar-refractivity contribution in [3.8, 4) is 0 Å². The molecule has 0 bridgehead atoms. The van der Waals surface area contributed by atoms with Gasteiger partial charge in [-0.15, -0.1) is 0 Å². The Hall–Kier alpha value is -0.850. The van der Waals surface area contributed by atoms with Gasteiger partial charge in [0.15, 0.2) is 0 Å². The Kier molecular flexibility index (Phi) is 3.27. The normalized spacial score (nSPS) is 22.0. The largest absolute Gasteiger partial charge is 0.298 e. The van der Waals surface area contributed by atoms with Gasteiger partial charge in [0, 0.05) is 0 Å². The highest BCUT2D eigenvalue weighted by molar-refractivity contribution is 5.75. The molecule has 0 aliphatic heterocycles. The summed E-state index contributed by atoms with van der Waals surface area (Å²) in [6, 6.07) is 0. The maximum Gasteiger partial charge on any atom is 0.146 e. The minimum Gasteiger partial charge on any atom is -0.298 e. The van der Waals surface area contributed by atoms with Crippen LogP contribution in [-0.4, -0.2) is 6.29 Å². The van der Waals surface area contributed by atoms with Gasteiger partial charge in [0.05, 0.1) is 0 Å². The number of allylic oxidation sites excluding steroid dienone is 4. The topological polar surface area (TPSA) is 17.1 Å². The molecule has 0 N–H and O–H groups in total. The van der Waals surface area contributed by atoms with Crippen LogP contribution in [0.1, 0.15) is 33.1 Å². The van der Waals surface area contributed by atoms with Gasteiger partial charge in [-0.05, 0) is 44.6 Å². The average Bonchev–Trinajstić information content (AvgIpc) is 2.07. The second kappa shape index (κ2) is 4.24. The van der Waals surface area contributed by atoms with Crippen molar-refractivity contribution in [2.24, 2.45) is 5.92 Å². The highest BCUT2D eigenvalue weighted by Gasteiger charge is 2.14. The molecule has 0 aromatic rings. The fraction of sp³-hybridized carbons (Fsp3) is 0.545. The van der Waals surface area contributed by atoms with Crippen LogP contribution in [0.25, 0.3) is 0 Å². The number of rotatable bonds is 2. The van der Waals surface area contributed by atoms with Crippen molar-refractivity contribution in [3.63, 3.8) is 0 Å². The summed E-state index contributed by atoms with van der Waals surface area (Å²) in [7, 11) is 0. The van der Waals surface area contributed by atoms with Crippen LogP contribution < -0.4 is 0 Å². The lowest BCUT2D eigenvalue weighted by atomic mass is 9.86. The van der Waals surface area contributed by atoms with E-state index in [1.54, 1.807) is 0 Å². The van der Waals surface area contributed by atoms with E-state index in [0.29, 0.717) is 5.92 Å². The third-order valence-corrected chi connectivity index (χ3v) is 2.41. The van der Waals surface area contributed by atoms with Crippen molar-refractivity contribution in [2.75, 3.05) is 0 Å². The molecule has 0 fully saturated rings. The Bertz CT molecular complexity index is 219. The number of hydrogen-bond donors (Lipinski definition) is 0. The third-order valence-electron chi connectivity index (χ3n) is 2.41. The van der Waals surface area contributed by atoms with Crippen LogP contribution in [0.15, 0.2) is 23.3 Å². The van der Waals surface area contributed by atoms with E-state index >= 15 is 0 Å². The van der Waals surface area contributed by atoms with E-state index in [1.165, 1.54) is 5.57 Å². The maximum atomic E-state index is 10.8. The molecule has 1 rings (SSSR count). The maximum absolute atomic E-state index is 10.8. The van der Waals surface area contributed by atoms with Crippen LogP contribution in [0.4, 0.5) is 0 Å². The minimum absolute atomic E-state index is 0.484. The summed E-state index contributed by atoms with van der Waals surface area (Å²) >= 11 is 0. The molecule has 0 amide bonds. The number of carbonyl (C=O) groups is 1. The number of aldehydes is 1. The van der Waals surface area contributed by atoms with Crippen LogP contribution in [0.5, 0.6) is 0 Å². The van der Waals surface area contributed by atoms with Crippen LogP contribution in [0, 0.1) is 5.92 Å². The third kappa shape index (κ3) is 2.07. The summed E-state index contributed by atoms with van der Waals surface area (Å²) in [5, 5.41) is 0. The van der Waals surface area contributed by atoms with E-state index in [1.807, 2.05) is 13.8 Å². The summed E-state index contributed by atoms with van der Waals surface area (Å²) in [6.45, 7) is 4.03. The summed E-state index contributed by atoms with van der Waals surface area (Å²) in [4.78, 5) is 10.8. The van der Waals surface area contributed by atoms with Crippen molar-refractivity contribution in [1.29, 1.82) is 0 Å². The molecule has 1 aliphatic rings. The number of hydrogen-bond acceptors (Lipinski definition) is 1. The minimum atomic E-state index is 0.484. The zero-order valence-corrected chi connectivity index (χ0v) is 7.84. The van der Waals surface area contributed by atoms with Gasteiger partial charge in [0.2, 0.25) is 0 Å². The van der Waals surface area contributed by atoms with Gasteiger partial charge in [0.25, 0.3) is 0 Å². The molecule has 0 aromatic carbocycles. The van der Waals surface area contributed by atoms with E-state index in [0.717, 1.165) is 31.1 Å². The summed E-state index contributed by atoms with van der Waals surface area (Å²) in [6.07, 6.45) is 8.70. The SMILES string of the molecule is CC(C)=C(C=O)C1CC=CCC1. The van der Waals surface area contributed by atoms with Gasteiger partial charge in [-0.3, -0.25) is 4.79 Å². The standard InChI is InChI=1S/C11H16O/c1-9(2)11(8-12)10-6-4-3-5-7-10/h3-4,8,10H,5-7H2,1-2H3. The first-order valence-electron chi connectivity index (χ1n) is 4.53. The van der Waals surface area contributed by atoms with Gasteiger partial charge in [-0.25, -0.2) is 0 Å². The zero-order valence-electron chi connectivity index (χ0n) is 7.84. The quantitative estimate of drug-likeness (QED) is 0.348. The van der Waals surface area contributed by atoms with Gasteiger partial charge >= 0.3 is 0 Å². The highest BCUT2D eigenvalue weighted by Crippen LogP contribution is 2.26. The van der Waals surface area contributed by atoms with Crippen LogP contribution in [0.3, 0.4) is 0 Å². The predicted octanol–water partition coefficient (Wildman–Crippen LogP) is 2.88. The second-order valence-electron chi connectivity index (χ2n) is 3.55. The first-order valence-corrected chi connectivity index (χ1v) is 4.53. The Balaban J connectivity index is 2.73. The number of carbonyl (C=O) groups excluding carboxylic acids is 1. The molecule has 1 aliphatic carbocycles. The van der Waals surface area contributed by atoms with Gasteiger partial charge in [0.1, 0.15) is 6.29 Å². The fourth-order valence-electron chi connectivity index (χ4n) is 1.70. The second-order valence-corrected chi connectivity index (χ2v) is 3.55. The molecule has 12 heavy (non-hydrogen) atoms. The van der Waals surface area contributed by atoms with Crippen molar-refractivity contribution in [2.45, 2.75) is 33.1 Å². The van der Waals surface area contributed by atoms with Crippen molar-refractivity contribution in [3.05, 3.63) is 23.3 Å². The lowest BCUT2D eigenvalue weighted by molar-refractivity contribution is -0.105. The molecular formula is C11H16O. The van der Waals surface area contributed by atoms with Crippen molar-refractivity contribution >= 4 is 6.29 Å². The molecule has 66 valence electrons. The molecular weight excluding hydrogens is 148 g/mol. The Morgan fingerprint density at radius 2 is 2.17 bits per heavy atom. The predicted molar refractivity (Wildman–Crippen MR) is 50.9 cm³/mol. The van der Waals surface area contributed by atoms with Crippen molar-refractivity contribution in [1.82, 2.24) is 0 Å². The average molecular weight is 164 g/mol. The molecule has 1 nitrogen and oxygen atoms in total. The molecule has 1 atom stereocenters. The summed E-state index contributed by atoms with van der Waals surface area (Å²) in [5.41, 5.74) is 2.18. The van der Waals surface area contributed by atoms with Gasteiger partial charge in [-0.1, -0.05) is 17.7 Å². The van der Waals surface area contributed by atoms with Crippen LogP contribution in [-0.2, 0) is 4.79 Å². The molecule has 0 saturated carbocycles. The molecule has 0 heterocycles. The van der Waals surface area contributed by atoms with Gasteiger partial charge < -0.3 is 0 Å². The van der Waals surface area contributed by atoms with E-state index in [-0.39, 0.29) is 0 Å². The molecule has 1 unspecified atom stereocenters. The fourth-order valence-corrected chi connectivity index (χ4v) is 1.70. The van der Waals surface area contributed by atoms with E-state index in [2.05, 4.69) is 12.2 Å². The highest BCUT2D eigenvalue weighted by atomic mass is 16.1. The van der Waals surface area contributed by atoms with E-state index < -0.39 is 0 Å². The first-order chi connectivity index (χ1) is 5.75. The lowest BCUT2D eigenvalue weighted by Crippen LogP contribution is -2.08.